The van der Waals surface area contributed by atoms with Crippen LogP contribution in [0.5, 0.6) is 11.5 Å². The van der Waals surface area contributed by atoms with E-state index in [1.807, 2.05) is 24.3 Å². The summed E-state index contributed by atoms with van der Waals surface area (Å²) in [5.41, 5.74) is 2.35. The molecule has 0 bridgehead atoms. The Morgan fingerprint density at radius 1 is 0.654 bits per heavy atom. The summed E-state index contributed by atoms with van der Waals surface area (Å²) >= 11 is 0. The molecule has 2 aromatic rings. The van der Waals surface area contributed by atoms with Gasteiger partial charge in [-0.2, -0.15) is 0 Å². The number of hydrogen-bond acceptors (Lipinski definition) is 2. The van der Waals surface area contributed by atoms with Crippen molar-refractivity contribution in [2.24, 2.45) is 0 Å². The third-order valence-electron chi connectivity index (χ3n) is 4.65. The minimum atomic E-state index is 0.0416. The Morgan fingerprint density at radius 3 is 1.38 bits per heavy atom. The van der Waals surface area contributed by atoms with Crippen LogP contribution >= 0.6 is 0 Å². The lowest BCUT2D eigenvalue weighted by Crippen LogP contribution is -2.09. The van der Waals surface area contributed by atoms with Gasteiger partial charge in [-0.3, -0.25) is 0 Å². The van der Waals surface area contributed by atoms with Crippen LogP contribution in [0, 0.1) is 23.7 Å². The molecule has 0 radical (unpaired) electrons. The van der Waals surface area contributed by atoms with Crippen LogP contribution in [0.1, 0.15) is 48.6 Å². The van der Waals surface area contributed by atoms with Gasteiger partial charge in [-0.25, -0.2) is 0 Å². The molecule has 0 amide bonds. The van der Waals surface area contributed by atoms with Crippen molar-refractivity contribution in [1.82, 2.24) is 0 Å². The Bertz CT molecular complexity index is 753. The minimum Gasteiger partial charge on any atom is -0.497 e. The van der Waals surface area contributed by atoms with Crippen LogP contribution in [0.15, 0.2) is 48.5 Å². The van der Waals surface area contributed by atoms with Gasteiger partial charge in [0, 0.05) is 12.8 Å². The van der Waals surface area contributed by atoms with E-state index in [-0.39, 0.29) is 11.8 Å². The lowest BCUT2D eigenvalue weighted by molar-refractivity contribution is 0.414. The first-order valence-electron chi connectivity index (χ1n) is 9.06. The molecule has 1 unspecified atom stereocenters. The Balaban J connectivity index is 2.01. The van der Waals surface area contributed by atoms with E-state index in [2.05, 4.69) is 47.9 Å². The van der Waals surface area contributed by atoms with Gasteiger partial charge in [0.1, 0.15) is 11.5 Å². The molecule has 1 aliphatic rings. The summed E-state index contributed by atoms with van der Waals surface area (Å²) in [5.74, 6) is 15.5. The van der Waals surface area contributed by atoms with Crippen LogP contribution in [0.25, 0.3) is 0 Å². The molecule has 2 heteroatoms. The zero-order chi connectivity index (χ0) is 18.2. The van der Waals surface area contributed by atoms with Crippen molar-refractivity contribution in [3.63, 3.8) is 0 Å². The molecular weight excluding hydrogens is 320 g/mol. The quantitative estimate of drug-likeness (QED) is 0.714. The highest BCUT2D eigenvalue weighted by atomic mass is 16.5. The Morgan fingerprint density at radius 2 is 1.04 bits per heavy atom. The maximum absolute atomic E-state index is 5.30. The highest BCUT2D eigenvalue weighted by Gasteiger charge is 2.22. The Labute approximate surface area is 156 Å². The fraction of sp³-hybridized carbons (Fsp3) is 0.333. The number of methoxy groups -OCH3 is 2. The van der Waals surface area contributed by atoms with Crippen LogP contribution in [-0.2, 0) is 0 Å². The SMILES string of the molecule is COc1ccc(C2C#CCCCCC#C[C@H]2c2ccc(OC)cc2)cc1. The molecule has 2 nitrogen and oxygen atoms in total. The molecule has 26 heavy (non-hydrogen) atoms. The van der Waals surface area contributed by atoms with E-state index >= 15 is 0 Å². The van der Waals surface area contributed by atoms with E-state index in [1.165, 1.54) is 11.1 Å². The topological polar surface area (TPSA) is 18.5 Å². The summed E-state index contributed by atoms with van der Waals surface area (Å²) in [5, 5.41) is 0. The first-order valence-corrected chi connectivity index (χ1v) is 9.06. The smallest absolute Gasteiger partial charge is 0.118 e. The molecule has 0 spiro atoms. The maximum Gasteiger partial charge on any atom is 0.118 e. The van der Waals surface area contributed by atoms with Crippen molar-refractivity contribution in [2.75, 3.05) is 14.2 Å². The van der Waals surface area contributed by atoms with E-state index in [9.17, 15) is 0 Å². The normalized spacial score (nSPS) is 19.3. The van der Waals surface area contributed by atoms with Crippen LogP contribution in [0.3, 0.4) is 0 Å². The van der Waals surface area contributed by atoms with Gasteiger partial charge in [0.25, 0.3) is 0 Å². The van der Waals surface area contributed by atoms with Crippen LogP contribution in [0.2, 0.25) is 0 Å². The molecule has 132 valence electrons. The van der Waals surface area contributed by atoms with Crippen molar-refractivity contribution in [1.29, 1.82) is 0 Å². The van der Waals surface area contributed by atoms with Gasteiger partial charge in [0.15, 0.2) is 0 Å². The van der Waals surface area contributed by atoms with E-state index < -0.39 is 0 Å². The van der Waals surface area contributed by atoms with Crippen molar-refractivity contribution < 1.29 is 9.47 Å². The molecule has 3 rings (SSSR count). The average molecular weight is 344 g/mol. The van der Waals surface area contributed by atoms with Crippen LogP contribution in [0.4, 0.5) is 0 Å². The Kier molecular flexibility index (Phi) is 6.24. The molecule has 0 aromatic heterocycles. The van der Waals surface area contributed by atoms with Crippen molar-refractivity contribution in [3.8, 4) is 35.2 Å². The van der Waals surface area contributed by atoms with Crippen molar-refractivity contribution in [2.45, 2.75) is 37.5 Å². The summed E-state index contributed by atoms with van der Waals surface area (Å²) in [6.07, 6.45) is 4.10. The van der Waals surface area contributed by atoms with E-state index in [0.717, 1.165) is 37.2 Å². The van der Waals surface area contributed by atoms with Gasteiger partial charge >= 0.3 is 0 Å². The van der Waals surface area contributed by atoms with Crippen molar-refractivity contribution in [3.05, 3.63) is 59.7 Å². The Hall–Kier alpha value is -2.84. The van der Waals surface area contributed by atoms with Crippen LogP contribution < -0.4 is 9.47 Å². The molecule has 2 aromatic carbocycles. The van der Waals surface area contributed by atoms with E-state index in [4.69, 9.17) is 9.47 Å². The van der Waals surface area contributed by atoms with Gasteiger partial charge in [-0.15, -0.1) is 11.8 Å². The number of hydrogen-bond donors (Lipinski definition) is 0. The highest BCUT2D eigenvalue weighted by Crippen LogP contribution is 2.34. The summed E-state index contributed by atoms with van der Waals surface area (Å²) in [7, 11) is 3.37. The molecule has 0 fully saturated rings. The summed E-state index contributed by atoms with van der Waals surface area (Å²) in [4.78, 5) is 0. The zero-order valence-corrected chi connectivity index (χ0v) is 15.4. The van der Waals surface area contributed by atoms with Gasteiger partial charge in [-0.05, 0) is 48.2 Å². The molecular formula is C24H24O2. The lowest BCUT2D eigenvalue weighted by atomic mass is 9.81. The third kappa shape index (κ3) is 4.41. The van der Waals surface area contributed by atoms with Crippen molar-refractivity contribution >= 4 is 0 Å². The lowest BCUT2D eigenvalue weighted by Gasteiger charge is -2.20. The highest BCUT2D eigenvalue weighted by molar-refractivity contribution is 5.43. The molecule has 0 N–H and O–H groups in total. The first kappa shape index (κ1) is 18.0. The largest absolute Gasteiger partial charge is 0.497 e. The second kappa shape index (κ2) is 9.02. The van der Waals surface area contributed by atoms with Gasteiger partial charge in [-0.1, -0.05) is 36.1 Å². The molecule has 2 atom stereocenters. The van der Waals surface area contributed by atoms with Gasteiger partial charge < -0.3 is 9.47 Å². The predicted molar refractivity (Wildman–Crippen MR) is 105 cm³/mol. The second-order valence-corrected chi connectivity index (χ2v) is 6.35. The van der Waals surface area contributed by atoms with Gasteiger partial charge in [0.2, 0.25) is 0 Å². The predicted octanol–water partition coefficient (Wildman–Crippen LogP) is 5.15. The number of ether oxygens (including phenoxy) is 2. The van der Waals surface area contributed by atoms with Crippen LogP contribution in [-0.4, -0.2) is 14.2 Å². The molecule has 0 saturated carbocycles. The summed E-state index contributed by atoms with van der Waals surface area (Å²) in [6, 6.07) is 16.4. The fourth-order valence-corrected chi connectivity index (χ4v) is 3.13. The molecule has 0 heterocycles. The minimum absolute atomic E-state index is 0.0416. The zero-order valence-electron chi connectivity index (χ0n) is 15.4. The molecule has 0 saturated heterocycles. The first-order chi connectivity index (χ1) is 12.8. The second-order valence-electron chi connectivity index (χ2n) is 6.35. The molecule has 1 aliphatic carbocycles. The summed E-state index contributed by atoms with van der Waals surface area (Å²) < 4.78 is 10.6. The maximum atomic E-state index is 5.30. The van der Waals surface area contributed by atoms with E-state index in [0.29, 0.717) is 0 Å². The fourth-order valence-electron chi connectivity index (χ4n) is 3.13. The molecule has 0 aliphatic heterocycles. The summed E-state index contributed by atoms with van der Waals surface area (Å²) in [6.45, 7) is 0. The number of benzene rings is 2. The van der Waals surface area contributed by atoms with E-state index in [1.54, 1.807) is 14.2 Å². The third-order valence-corrected chi connectivity index (χ3v) is 4.65. The standard InChI is InChI=1S/C24H24O2/c1-25-21-15-11-19(12-16-21)23-9-7-5-3-4-6-8-10-24(23)20-13-17-22(26-2)18-14-20/h11-18,23-24H,3-6H2,1-2H3/t23-,24?/m0/s1. The number of rotatable bonds is 4. The average Bonchev–Trinajstić information content (AvgIpc) is 2.71. The van der Waals surface area contributed by atoms with Gasteiger partial charge in [0.05, 0.1) is 26.1 Å². The monoisotopic (exact) mass is 344 g/mol.